The quantitative estimate of drug-likeness (QED) is 0.0530. The predicted molar refractivity (Wildman–Crippen MR) is 306 cm³/mol. The number of para-hydroxylation sites is 1. The first-order chi connectivity index (χ1) is 38.2. The summed E-state index contributed by atoms with van der Waals surface area (Å²) in [6, 6.07) is 17.1. The van der Waals surface area contributed by atoms with Gasteiger partial charge in [-0.1, -0.05) is 55.4 Å². The molecule has 5 atom stereocenters. The standard InChI is InChI=1S/C60H80N12O6S/c1-36(2)56(60(76)71-34-46(73)28-52(71)59(75)64-37(3)41-10-12-43(13-11-41)57-38(4)62-35-79-57)54-30-55(67-78-54)70-22-14-40(15-23-70)32-68-20-18-47(19-21-68)77-48-26-45(27-48)69-24-16-42(17-25-69)39(5)72-33-44(31-63-72)50-29-51(65-66-58(50)61)49-8-6-7-9-53(49)74/h6-13,29-31,33,35-37,39-40,42,45-48,52,56,65-66,73-74H,14-28,32,34,61H2,1-5H3,(H,64,75)/t37-,39+,45-,46+,48+,52-,56+/m0/s1. The van der Waals surface area contributed by atoms with Crippen molar-refractivity contribution in [2.24, 2.45) is 23.5 Å². The largest absolute Gasteiger partial charge is 0.507 e. The van der Waals surface area contributed by atoms with E-state index in [1.807, 2.05) is 87.9 Å². The van der Waals surface area contributed by atoms with Gasteiger partial charge in [-0.15, -0.1) is 11.3 Å². The third-order valence-corrected chi connectivity index (χ3v) is 19.0. The number of nitrogens with two attached hydrogens (primary N) is 1. The van der Waals surface area contributed by atoms with Crippen LogP contribution in [0.4, 0.5) is 5.82 Å². The number of carbonyl (C=O) groups is 2. The lowest BCUT2D eigenvalue weighted by Gasteiger charge is -2.47. The molecule has 18 nitrogen and oxygen atoms in total. The summed E-state index contributed by atoms with van der Waals surface area (Å²) in [5.41, 5.74) is 20.6. The number of aliphatic hydroxyl groups is 1. The summed E-state index contributed by atoms with van der Waals surface area (Å²) >= 11 is 1.60. The van der Waals surface area contributed by atoms with Crippen LogP contribution in [0, 0.1) is 24.7 Å². The summed E-state index contributed by atoms with van der Waals surface area (Å²) in [5, 5.41) is 33.6. The molecule has 2 amide bonds. The molecule has 0 spiro atoms. The molecule has 3 aromatic heterocycles. The van der Waals surface area contributed by atoms with Crippen LogP contribution in [-0.4, -0.2) is 139 Å². The molecular weight excluding hydrogens is 1020 g/mol. The van der Waals surface area contributed by atoms with Gasteiger partial charge >= 0.3 is 0 Å². The van der Waals surface area contributed by atoms with E-state index in [1.165, 1.54) is 0 Å². The average molecular weight is 1100 g/mol. The summed E-state index contributed by atoms with van der Waals surface area (Å²) in [6.07, 6.45) is 14.9. The molecule has 4 saturated heterocycles. The molecule has 0 bridgehead atoms. The highest BCUT2D eigenvalue weighted by molar-refractivity contribution is 7.13. The van der Waals surface area contributed by atoms with Gasteiger partial charge in [-0.3, -0.25) is 25.1 Å². The van der Waals surface area contributed by atoms with Crippen LogP contribution in [0.25, 0.3) is 21.7 Å². The highest BCUT2D eigenvalue weighted by Crippen LogP contribution is 2.39. The predicted octanol–water partition coefficient (Wildman–Crippen LogP) is 7.57. The molecule has 5 aromatic rings. The second kappa shape index (κ2) is 23.8. The monoisotopic (exact) mass is 1100 g/mol. The molecule has 6 aliphatic rings. The number of hydrogen-bond donors (Lipinski definition) is 6. The minimum atomic E-state index is -0.796. The number of hydrazine groups is 1. The van der Waals surface area contributed by atoms with E-state index in [2.05, 4.69) is 58.8 Å². The molecule has 1 saturated carbocycles. The average Bonchev–Trinajstić information content (AvgIpc) is 4.35. The van der Waals surface area contributed by atoms with Crippen LogP contribution in [-0.2, 0) is 14.3 Å². The molecule has 11 rings (SSSR count). The first kappa shape index (κ1) is 54.7. The normalized spacial score (nSPS) is 24.2. The summed E-state index contributed by atoms with van der Waals surface area (Å²) < 4.78 is 14.8. The molecule has 79 heavy (non-hydrogen) atoms. The highest BCUT2D eigenvalue weighted by Gasteiger charge is 2.44. The van der Waals surface area contributed by atoms with Gasteiger partial charge in [0.2, 0.25) is 11.8 Å². The number of anilines is 1. The van der Waals surface area contributed by atoms with Crippen LogP contribution >= 0.6 is 11.3 Å². The Morgan fingerprint density at radius 2 is 1.66 bits per heavy atom. The fraction of sp³-hybridized carbons (Fsp3) is 0.550. The lowest BCUT2D eigenvalue weighted by Crippen LogP contribution is -2.52. The number of aromatic nitrogens is 4. The number of phenolic OH excluding ortho intramolecular Hbond substituents is 1. The molecule has 8 heterocycles. The van der Waals surface area contributed by atoms with E-state index in [4.69, 9.17) is 20.1 Å². The summed E-state index contributed by atoms with van der Waals surface area (Å²) in [6.45, 7) is 17.5. The first-order valence-electron chi connectivity index (χ1n) is 28.9. The van der Waals surface area contributed by atoms with Crippen molar-refractivity contribution < 1.29 is 29.1 Å². The molecule has 5 aliphatic heterocycles. The van der Waals surface area contributed by atoms with Crippen molar-refractivity contribution in [3.05, 3.63) is 113 Å². The number of ether oxygens (including phenoxy) is 1. The van der Waals surface area contributed by atoms with Crippen molar-refractivity contribution in [1.82, 2.24) is 50.8 Å². The fourth-order valence-electron chi connectivity index (χ4n) is 13.1. The van der Waals surface area contributed by atoms with Gasteiger partial charge < -0.3 is 50.1 Å². The lowest BCUT2D eigenvalue weighted by atomic mass is 9.83. The van der Waals surface area contributed by atoms with Gasteiger partial charge in [0.1, 0.15) is 23.5 Å². The molecule has 7 N–H and O–H groups in total. The number of carbonyl (C=O) groups excluding carboxylic acids is 2. The molecule has 422 valence electrons. The zero-order chi connectivity index (χ0) is 54.9. The Bertz CT molecular complexity index is 2960. The van der Waals surface area contributed by atoms with Crippen molar-refractivity contribution in [3.63, 3.8) is 0 Å². The highest BCUT2D eigenvalue weighted by atomic mass is 32.1. The van der Waals surface area contributed by atoms with Crippen molar-refractivity contribution in [3.8, 4) is 16.2 Å². The molecule has 0 unspecified atom stereocenters. The van der Waals surface area contributed by atoms with E-state index in [0.29, 0.717) is 47.2 Å². The molecule has 1 aliphatic carbocycles. The fourth-order valence-corrected chi connectivity index (χ4v) is 13.9. The van der Waals surface area contributed by atoms with Crippen LogP contribution in [0.3, 0.4) is 0 Å². The number of aryl methyl sites for hydroxylation is 1. The van der Waals surface area contributed by atoms with Crippen LogP contribution in [0.2, 0.25) is 0 Å². The van der Waals surface area contributed by atoms with Gasteiger partial charge in [-0.05, 0) is 132 Å². The van der Waals surface area contributed by atoms with Crippen molar-refractivity contribution in [2.75, 3.05) is 57.3 Å². The zero-order valence-corrected chi connectivity index (χ0v) is 47.3. The number of phenols is 1. The number of amides is 2. The molecule has 0 radical (unpaired) electrons. The van der Waals surface area contributed by atoms with Gasteiger partial charge in [-0.2, -0.15) is 5.10 Å². The Kier molecular flexibility index (Phi) is 16.5. The third kappa shape index (κ3) is 12.1. The summed E-state index contributed by atoms with van der Waals surface area (Å²) in [5.74, 6) is 1.84. The van der Waals surface area contributed by atoms with E-state index in [9.17, 15) is 19.8 Å². The van der Waals surface area contributed by atoms with Crippen LogP contribution in [0.5, 0.6) is 5.75 Å². The zero-order valence-electron chi connectivity index (χ0n) is 46.5. The number of aliphatic hydroxyl groups excluding tert-OH is 1. The topological polar surface area (TPSA) is 216 Å². The number of hydrogen-bond acceptors (Lipinski definition) is 16. The Morgan fingerprint density at radius 3 is 2.37 bits per heavy atom. The minimum absolute atomic E-state index is 0.0914. The van der Waals surface area contributed by atoms with Crippen LogP contribution in [0.15, 0.2) is 88.9 Å². The van der Waals surface area contributed by atoms with Gasteiger partial charge in [0.15, 0.2) is 11.6 Å². The summed E-state index contributed by atoms with van der Waals surface area (Å²) in [4.78, 5) is 42.9. The van der Waals surface area contributed by atoms with Crippen LogP contribution in [0.1, 0.15) is 132 Å². The van der Waals surface area contributed by atoms with E-state index in [-0.39, 0.29) is 48.5 Å². The second-order valence-electron chi connectivity index (χ2n) is 23.6. The number of benzene rings is 2. The number of aromatic hydroxyl groups is 1. The van der Waals surface area contributed by atoms with Gasteiger partial charge in [0.05, 0.1) is 58.4 Å². The number of likely N-dealkylation sites (tertiary alicyclic amines) is 3. The second-order valence-corrected chi connectivity index (χ2v) is 24.5. The molecular formula is C60H80N12O6S. The number of nitrogens with zero attached hydrogens (tertiary/aromatic N) is 8. The third-order valence-electron chi connectivity index (χ3n) is 18.0. The number of nitrogens with one attached hydrogen (secondary N) is 3. The Labute approximate surface area is 468 Å². The smallest absolute Gasteiger partial charge is 0.243 e. The lowest BCUT2D eigenvalue weighted by molar-refractivity contribution is -0.141. The maximum atomic E-state index is 14.4. The van der Waals surface area contributed by atoms with E-state index >= 15 is 0 Å². The Hall–Kier alpha value is -6.25. The van der Waals surface area contributed by atoms with Gasteiger partial charge in [0, 0.05) is 80.7 Å². The minimum Gasteiger partial charge on any atom is -0.507 e. The number of rotatable bonds is 17. The Morgan fingerprint density at radius 1 is 0.911 bits per heavy atom. The molecule has 5 fully saturated rings. The van der Waals surface area contributed by atoms with Gasteiger partial charge in [0.25, 0.3) is 0 Å². The maximum absolute atomic E-state index is 14.4. The Balaban J connectivity index is 0.584. The van der Waals surface area contributed by atoms with Crippen molar-refractivity contribution >= 4 is 40.2 Å². The number of thiazole rings is 1. The maximum Gasteiger partial charge on any atom is 0.243 e. The number of allylic oxidation sites excluding steroid dienone is 2. The van der Waals surface area contributed by atoms with E-state index in [0.717, 1.165) is 142 Å². The SMILES string of the molecule is Cc1ncsc1-c1ccc([C@H](C)NC(=O)[C@@H]2C[C@@H](O)CN2C(=O)[C@@H](c2cc(N3CCC(CN4CCC(O[C@H]5C[C@@H](N6CCC([C@@H](C)n7cc(C8=C(N)NNC(c9ccccc9O)=C8)cn7)CC6)C5)CC4)CC3)no2)C(C)C)cc1. The molecule has 2 aromatic carbocycles. The van der Waals surface area contributed by atoms with E-state index in [1.54, 1.807) is 28.4 Å². The van der Waals surface area contributed by atoms with Crippen molar-refractivity contribution in [2.45, 2.75) is 141 Å². The van der Waals surface area contributed by atoms with E-state index < -0.39 is 18.1 Å². The first-order valence-corrected chi connectivity index (χ1v) is 29.8. The van der Waals surface area contributed by atoms with Gasteiger partial charge in [-0.25, -0.2) is 4.98 Å². The number of piperidine rings is 3. The summed E-state index contributed by atoms with van der Waals surface area (Å²) in [7, 11) is 0. The molecule has 19 heteroatoms. The van der Waals surface area contributed by atoms with Crippen molar-refractivity contribution in [1.29, 1.82) is 0 Å². The van der Waals surface area contributed by atoms with Crippen LogP contribution < -0.4 is 26.8 Å². The number of β-amino-alcohol motifs (C(OH)–C–C–N with tert-alkyl or cyclic N) is 1.